The van der Waals surface area contributed by atoms with Crippen molar-refractivity contribution in [2.24, 2.45) is 0 Å². The number of hydrogen-bond acceptors (Lipinski definition) is 3. The molecular formula is C9H16Cl4N2S. The van der Waals surface area contributed by atoms with Crippen LogP contribution in [0.1, 0.15) is 10.7 Å². The number of rotatable bonds is 6. The fourth-order valence-corrected chi connectivity index (χ4v) is 2.30. The molecule has 0 saturated heterocycles. The lowest BCUT2D eigenvalue weighted by atomic mass is 10.4. The summed E-state index contributed by atoms with van der Waals surface area (Å²) in [7, 11) is 0. The second-order valence-corrected chi connectivity index (χ2v) is 4.83. The van der Waals surface area contributed by atoms with E-state index in [1.165, 1.54) is 0 Å². The van der Waals surface area contributed by atoms with E-state index in [1.54, 1.807) is 11.3 Å². The van der Waals surface area contributed by atoms with E-state index in [-0.39, 0.29) is 24.8 Å². The number of nitrogens with zero attached hydrogens (tertiary/aromatic N) is 2. The minimum absolute atomic E-state index is 0. The van der Waals surface area contributed by atoms with Crippen molar-refractivity contribution < 1.29 is 0 Å². The van der Waals surface area contributed by atoms with E-state index in [9.17, 15) is 0 Å². The quantitative estimate of drug-likeness (QED) is 0.743. The smallest absolute Gasteiger partial charge is 0.0897 e. The molecule has 0 aliphatic carbocycles. The van der Waals surface area contributed by atoms with Crippen molar-refractivity contribution in [3.05, 3.63) is 16.1 Å². The average molecular weight is 326 g/mol. The summed E-state index contributed by atoms with van der Waals surface area (Å²) in [5.74, 6) is 1.28. The van der Waals surface area contributed by atoms with Crippen LogP contribution in [0.5, 0.6) is 0 Å². The highest BCUT2D eigenvalue weighted by atomic mass is 35.5. The van der Waals surface area contributed by atoms with Gasteiger partial charge in [-0.1, -0.05) is 0 Å². The van der Waals surface area contributed by atoms with Gasteiger partial charge in [-0.15, -0.1) is 59.4 Å². The van der Waals surface area contributed by atoms with Gasteiger partial charge in [-0.2, -0.15) is 0 Å². The Morgan fingerprint density at radius 1 is 1.25 bits per heavy atom. The highest BCUT2D eigenvalue weighted by molar-refractivity contribution is 7.09. The molecule has 2 nitrogen and oxygen atoms in total. The van der Waals surface area contributed by atoms with Crippen LogP contribution < -0.4 is 0 Å². The van der Waals surface area contributed by atoms with E-state index in [0.717, 1.165) is 30.3 Å². The maximum atomic E-state index is 5.70. The summed E-state index contributed by atoms with van der Waals surface area (Å²) in [6, 6.07) is 0. The molecule has 1 rings (SSSR count). The summed E-state index contributed by atoms with van der Waals surface area (Å²) >= 11 is 13.1. The molecule has 1 heterocycles. The van der Waals surface area contributed by atoms with Crippen LogP contribution in [0.3, 0.4) is 0 Å². The summed E-state index contributed by atoms with van der Waals surface area (Å²) in [4.78, 5) is 6.62. The second-order valence-electron chi connectivity index (χ2n) is 3.01. The largest absolute Gasteiger partial charge is 0.295 e. The van der Waals surface area contributed by atoms with Gasteiger partial charge in [-0.05, 0) is 6.92 Å². The maximum Gasteiger partial charge on any atom is 0.0897 e. The molecule has 1 aromatic rings. The number of alkyl halides is 2. The van der Waals surface area contributed by atoms with Gasteiger partial charge in [0.25, 0.3) is 0 Å². The van der Waals surface area contributed by atoms with E-state index in [1.807, 2.05) is 6.92 Å². The van der Waals surface area contributed by atoms with Crippen LogP contribution in [-0.2, 0) is 6.54 Å². The Kier molecular flexibility index (Phi) is 13.0. The van der Waals surface area contributed by atoms with Gasteiger partial charge in [0.1, 0.15) is 0 Å². The second kappa shape index (κ2) is 10.9. The SMILES string of the molecule is Cc1nc(CN(CCCl)CCCl)cs1.Cl.Cl. The van der Waals surface area contributed by atoms with Gasteiger partial charge < -0.3 is 0 Å². The Morgan fingerprint density at radius 2 is 1.81 bits per heavy atom. The van der Waals surface area contributed by atoms with Crippen LogP contribution in [0.2, 0.25) is 0 Å². The summed E-state index contributed by atoms with van der Waals surface area (Å²) in [6.45, 7) is 4.60. The number of hydrogen-bond donors (Lipinski definition) is 0. The number of halogens is 4. The zero-order chi connectivity index (χ0) is 10.4. The van der Waals surface area contributed by atoms with Crippen LogP contribution in [-0.4, -0.2) is 34.7 Å². The van der Waals surface area contributed by atoms with Crippen molar-refractivity contribution in [1.29, 1.82) is 0 Å². The standard InChI is InChI=1S/C9H14Cl2N2S.2ClH/c1-8-12-9(7-14-8)6-13(4-2-10)5-3-11;;/h7H,2-6H2,1H3;2*1H. The van der Waals surface area contributed by atoms with Gasteiger partial charge in [-0.3, -0.25) is 4.90 Å². The van der Waals surface area contributed by atoms with Crippen LogP contribution >= 0.6 is 59.4 Å². The highest BCUT2D eigenvalue weighted by Gasteiger charge is 2.06. The molecule has 0 aliphatic rings. The Bertz CT molecular complexity index is 264. The number of aryl methyl sites for hydroxylation is 1. The van der Waals surface area contributed by atoms with E-state index in [0.29, 0.717) is 11.8 Å². The monoisotopic (exact) mass is 324 g/mol. The number of aromatic nitrogens is 1. The maximum absolute atomic E-state index is 5.70. The average Bonchev–Trinajstić information content (AvgIpc) is 2.52. The lowest BCUT2D eigenvalue weighted by Gasteiger charge is -2.18. The zero-order valence-corrected chi connectivity index (χ0v) is 12.9. The molecule has 0 radical (unpaired) electrons. The van der Waals surface area contributed by atoms with Gasteiger partial charge in [-0.25, -0.2) is 4.98 Å². The lowest BCUT2D eigenvalue weighted by molar-refractivity contribution is 0.296. The molecule has 0 amide bonds. The molecule has 0 saturated carbocycles. The van der Waals surface area contributed by atoms with Gasteiger partial charge in [0.05, 0.1) is 10.7 Å². The first-order chi connectivity index (χ1) is 6.76. The van der Waals surface area contributed by atoms with Crippen LogP contribution in [0.4, 0.5) is 0 Å². The molecule has 0 unspecified atom stereocenters. The predicted molar refractivity (Wildman–Crippen MR) is 78.1 cm³/mol. The molecule has 0 bridgehead atoms. The summed E-state index contributed by atoms with van der Waals surface area (Å²) in [5, 5.41) is 3.20. The molecular weight excluding hydrogens is 310 g/mol. The molecule has 0 fully saturated rings. The molecule has 16 heavy (non-hydrogen) atoms. The Balaban J connectivity index is 0. The summed E-state index contributed by atoms with van der Waals surface area (Å²) in [5.41, 5.74) is 1.11. The van der Waals surface area contributed by atoms with Crippen LogP contribution in [0, 0.1) is 6.92 Å². The van der Waals surface area contributed by atoms with Crippen molar-refractivity contribution in [2.45, 2.75) is 13.5 Å². The first kappa shape index (κ1) is 19.1. The zero-order valence-electron chi connectivity index (χ0n) is 8.99. The molecule has 0 N–H and O–H groups in total. The first-order valence-corrected chi connectivity index (χ1v) is 6.46. The van der Waals surface area contributed by atoms with Gasteiger partial charge in [0.2, 0.25) is 0 Å². The van der Waals surface area contributed by atoms with Crippen LogP contribution in [0.25, 0.3) is 0 Å². The van der Waals surface area contributed by atoms with Gasteiger partial charge in [0.15, 0.2) is 0 Å². The molecule has 1 aromatic heterocycles. The third-order valence-corrected chi connectivity index (χ3v) is 3.01. The fourth-order valence-electron chi connectivity index (χ4n) is 1.22. The predicted octanol–water partition coefficient (Wildman–Crippen LogP) is 3.57. The number of thiazole rings is 1. The Hall–Kier alpha value is 0.750. The van der Waals surface area contributed by atoms with E-state index in [4.69, 9.17) is 23.2 Å². The fraction of sp³-hybridized carbons (Fsp3) is 0.667. The third kappa shape index (κ3) is 7.15. The molecule has 0 aromatic carbocycles. The summed E-state index contributed by atoms with van der Waals surface area (Å²) in [6.07, 6.45) is 0. The van der Waals surface area contributed by atoms with Crippen molar-refractivity contribution in [3.63, 3.8) is 0 Å². The van der Waals surface area contributed by atoms with Crippen molar-refractivity contribution in [1.82, 2.24) is 9.88 Å². The van der Waals surface area contributed by atoms with E-state index >= 15 is 0 Å². The lowest BCUT2D eigenvalue weighted by Crippen LogP contribution is -2.27. The summed E-state index contributed by atoms with van der Waals surface area (Å²) < 4.78 is 0. The van der Waals surface area contributed by atoms with Crippen LogP contribution in [0.15, 0.2) is 5.38 Å². The minimum Gasteiger partial charge on any atom is -0.295 e. The van der Waals surface area contributed by atoms with Gasteiger partial charge in [0, 0.05) is 36.8 Å². The first-order valence-electron chi connectivity index (χ1n) is 4.51. The molecule has 7 heteroatoms. The highest BCUT2D eigenvalue weighted by Crippen LogP contribution is 2.10. The van der Waals surface area contributed by atoms with Crippen molar-refractivity contribution >= 4 is 59.4 Å². The van der Waals surface area contributed by atoms with E-state index < -0.39 is 0 Å². The Morgan fingerprint density at radius 3 is 2.19 bits per heavy atom. The molecule has 0 atom stereocenters. The van der Waals surface area contributed by atoms with E-state index in [2.05, 4.69) is 15.3 Å². The molecule has 0 spiro atoms. The van der Waals surface area contributed by atoms with Crippen molar-refractivity contribution in [3.8, 4) is 0 Å². The Labute approximate surface area is 123 Å². The molecule has 0 aliphatic heterocycles. The third-order valence-electron chi connectivity index (χ3n) is 1.85. The minimum atomic E-state index is 0. The normalized spacial score (nSPS) is 9.75. The molecule has 96 valence electrons. The topological polar surface area (TPSA) is 16.1 Å². The van der Waals surface area contributed by atoms with Gasteiger partial charge >= 0.3 is 0 Å². The van der Waals surface area contributed by atoms with Crippen molar-refractivity contribution in [2.75, 3.05) is 24.8 Å².